The second-order valence-electron chi connectivity index (χ2n) is 8.25. The Labute approximate surface area is 127 Å². The SMILES string of the molecule is COC(=O)CC1C(=O)C[C@@H]2C(C)(C)[C@]23C[C@H]1C[Si](C)(C)O3. The van der Waals surface area contributed by atoms with Crippen LogP contribution in [-0.4, -0.2) is 32.8 Å². The van der Waals surface area contributed by atoms with E-state index >= 15 is 0 Å². The van der Waals surface area contributed by atoms with Crippen LogP contribution in [0.3, 0.4) is 0 Å². The van der Waals surface area contributed by atoms with E-state index in [0.717, 1.165) is 12.5 Å². The fourth-order valence-electron chi connectivity index (χ4n) is 5.06. The second kappa shape index (κ2) is 4.41. The zero-order valence-electron chi connectivity index (χ0n) is 13.7. The molecule has 0 aromatic heterocycles. The van der Waals surface area contributed by atoms with Crippen molar-refractivity contribution >= 4 is 20.1 Å². The van der Waals surface area contributed by atoms with E-state index in [0.29, 0.717) is 18.3 Å². The Morgan fingerprint density at radius 2 is 2.10 bits per heavy atom. The number of ether oxygens (including phenoxy) is 1. The van der Waals surface area contributed by atoms with Crippen LogP contribution in [0.25, 0.3) is 0 Å². The molecule has 3 fully saturated rings. The lowest BCUT2D eigenvalue weighted by Crippen LogP contribution is -2.48. The van der Waals surface area contributed by atoms with Crippen molar-refractivity contribution in [3.63, 3.8) is 0 Å². The highest BCUT2D eigenvalue weighted by Gasteiger charge is 2.76. The molecular formula is C16H26O4Si. The average Bonchev–Trinajstić information content (AvgIpc) is 2.81. The molecule has 0 aromatic rings. The van der Waals surface area contributed by atoms with Gasteiger partial charge in [0.1, 0.15) is 5.78 Å². The van der Waals surface area contributed by atoms with Crippen molar-refractivity contribution in [3.8, 4) is 0 Å². The largest absolute Gasteiger partial charge is 0.469 e. The van der Waals surface area contributed by atoms with Crippen molar-refractivity contribution in [1.82, 2.24) is 0 Å². The summed E-state index contributed by atoms with van der Waals surface area (Å²) in [6.45, 7) is 8.96. The van der Waals surface area contributed by atoms with Crippen LogP contribution >= 0.6 is 0 Å². The molecule has 1 heterocycles. The lowest BCUT2D eigenvalue weighted by atomic mass is 9.81. The molecule has 1 aliphatic heterocycles. The molecule has 0 aromatic carbocycles. The van der Waals surface area contributed by atoms with Gasteiger partial charge in [-0.3, -0.25) is 9.59 Å². The first-order chi connectivity index (χ1) is 9.63. The Kier molecular flexibility index (Phi) is 3.20. The second-order valence-corrected chi connectivity index (χ2v) is 12.4. The van der Waals surface area contributed by atoms with Gasteiger partial charge in [0, 0.05) is 18.3 Å². The Bertz CT molecular complexity index is 499. The topological polar surface area (TPSA) is 52.6 Å². The first-order valence-electron chi connectivity index (χ1n) is 7.93. The Morgan fingerprint density at radius 1 is 1.43 bits per heavy atom. The summed E-state index contributed by atoms with van der Waals surface area (Å²) in [6.07, 6.45) is 1.75. The highest BCUT2D eigenvalue weighted by molar-refractivity contribution is 6.71. The number of hydrogen-bond donors (Lipinski definition) is 0. The van der Waals surface area contributed by atoms with Crippen LogP contribution in [0.15, 0.2) is 0 Å². The van der Waals surface area contributed by atoms with Gasteiger partial charge in [-0.2, -0.15) is 0 Å². The molecule has 1 saturated heterocycles. The summed E-state index contributed by atoms with van der Waals surface area (Å²) in [6, 6.07) is 0.977. The Morgan fingerprint density at radius 3 is 2.71 bits per heavy atom. The standard InChI is InChI=1S/C16H26O4Si/c1-15(2)13-7-12(17)11(6-14(18)19-3)10-8-16(13,15)20-21(4,5)9-10/h10-11,13H,6-9H2,1-5H3/t10-,11?,13+,16-/m0/s1. The minimum Gasteiger partial charge on any atom is -0.469 e. The number of ketones is 1. The van der Waals surface area contributed by atoms with Gasteiger partial charge in [-0.15, -0.1) is 0 Å². The maximum atomic E-state index is 12.7. The molecule has 3 rings (SSSR count). The van der Waals surface area contributed by atoms with Crippen molar-refractivity contribution in [3.05, 3.63) is 0 Å². The normalized spacial score (nSPS) is 42.7. The van der Waals surface area contributed by atoms with Crippen molar-refractivity contribution in [2.45, 2.75) is 57.8 Å². The van der Waals surface area contributed by atoms with E-state index in [1.54, 1.807) is 0 Å². The van der Waals surface area contributed by atoms with Crippen molar-refractivity contribution < 1.29 is 18.8 Å². The maximum absolute atomic E-state index is 12.7. The zero-order valence-corrected chi connectivity index (χ0v) is 14.7. The molecule has 1 unspecified atom stereocenters. The van der Waals surface area contributed by atoms with E-state index in [9.17, 15) is 9.59 Å². The molecule has 118 valence electrons. The Hall–Kier alpha value is -0.683. The molecule has 4 atom stereocenters. The van der Waals surface area contributed by atoms with Gasteiger partial charge in [0.15, 0.2) is 8.32 Å². The number of fused-ring (bicyclic) bond motifs is 1. The quantitative estimate of drug-likeness (QED) is 0.581. The summed E-state index contributed by atoms with van der Waals surface area (Å²) in [5.74, 6) is 0.448. The van der Waals surface area contributed by atoms with Gasteiger partial charge in [0.25, 0.3) is 0 Å². The fourth-order valence-corrected chi connectivity index (χ4v) is 8.31. The lowest BCUT2D eigenvalue weighted by Gasteiger charge is -2.43. The predicted octanol–water partition coefficient (Wildman–Crippen LogP) is 2.77. The number of methoxy groups -OCH3 is 1. The molecule has 2 aliphatic carbocycles. The molecule has 0 radical (unpaired) electrons. The molecule has 3 aliphatic rings. The van der Waals surface area contributed by atoms with Gasteiger partial charge in [-0.05, 0) is 36.9 Å². The molecular weight excluding hydrogens is 284 g/mol. The minimum atomic E-state index is -1.78. The van der Waals surface area contributed by atoms with Gasteiger partial charge in [-0.1, -0.05) is 13.8 Å². The molecule has 1 spiro atoms. The third kappa shape index (κ3) is 2.12. The number of rotatable bonds is 2. The van der Waals surface area contributed by atoms with Crippen LogP contribution in [0.5, 0.6) is 0 Å². The van der Waals surface area contributed by atoms with Gasteiger partial charge in [0.05, 0.1) is 19.1 Å². The number of carbonyl (C=O) groups is 2. The van der Waals surface area contributed by atoms with Crippen LogP contribution in [0, 0.1) is 23.2 Å². The molecule has 2 bridgehead atoms. The van der Waals surface area contributed by atoms with Crippen molar-refractivity contribution in [2.24, 2.45) is 23.2 Å². The van der Waals surface area contributed by atoms with Crippen LogP contribution < -0.4 is 0 Å². The van der Waals surface area contributed by atoms with E-state index < -0.39 is 8.32 Å². The molecule has 0 amide bonds. The van der Waals surface area contributed by atoms with Gasteiger partial charge in [-0.25, -0.2) is 0 Å². The number of hydrogen-bond acceptors (Lipinski definition) is 4. The van der Waals surface area contributed by atoms with Gasteiger partial charge >= 0.3 is 5.97 Å². The average molecular weight is 310 g/mol. The molecule has 21 heavy (non-hydrogen) atoms. The number of esters is 1. The van der Waals surface area contributed by atoms with E-state index in [1.165, 1.54) is 7.11 Å². The van der Waals surface area contributed by atoms with Crippen LogP contribution in [0.2, 0.25) is 19.1 Å². The van der Waals surface area contributed by atoms with Crippen molar-refractivity contribution in [2.75, 3.05) is 7.11 Å². The summed E-state index contributed by atoms with van der Waals surface area (Å²) >= 11 is 0. The summed E-state index contributed by atoms with van der Waals surface area (Å²) in [7, 11) is -0.378. The van der Waals surface area contributed by atoms with E-state index in [2.05, 4.69) is 26.9 Å². The van der Waals surface area contributed by atoms with Gasteiger partial charge in [0.2, 0.25) is 0 Å². The summed E-state index contributed by atoms with van der Waals surface area (Å²) < 4.78 is 11.4. The summed E-state index contributed by atoms with van der Waals surface area (Å²) in [4.78, 5) is 24.4. The molecule has 2 saturated carbocycles. The number of Topliss-reactive ketones (excluding diaryl/α,β-unsaturated/α-hetero) is 1. The summed E-state index contributed by atoms with van der Waals surface area (Å²) in [5, 5.41) is 0. The maximum Gasteiger partial charge on any atom is 0.306 e. The molecule has 5 heteroatoms. The fraction of sp³-hybridized carbons (Fsp3) is 0.875. The monoisotopic (exact) mass is 310 g/mol. The lowest BCUT2D eigenvalue weighted by molar-refractivity contribution is -0.145. The Balaban J connectivity index is 1.93. The van der Waals surface area contributed by atoms with Crippen LogP contribution in [0.1, 0.15) is 33.1 Å². The first-order valence-corrected chi connectivity index (χ1v) is 11.0. The smallest absolute Gasteiger partial charge is 0.306 e. The highest BCUT2D eigenvalue weighted by atomic mass is 28.4. The van der Waals surface area contributed by atoms with Crippen molar-refractivity contribution in [1.29, 1.82) is 0 Å². The van der Waals surface area contributed by atoms with E-state index in [4.69, 9.17) is 9.16 Å². The number of carbonyl (C=O) groups excluding carboxylic acids is 2. The van der Waals surface area contributed by atoms with Crippen LogP contribution in [-0.2, 0) is 18.8 Å². The third-order valence-corrected chi connectivity index (χ3v) is 8.65. The first kappa shape index (κ1) is 15.2. The minimum absolute atomic E-state index is 0.0990. The third-order valence-electron chi connectivity index (χ3n) is 6.22. The van der Waals surface area contributed by atoms with E-state index in [1.807, 2.05) is 0 Å². The highest BCUT2D eigenvalue weighted by Crippen LogP contribution is 2.72. The van der Waals surface area contributed by atoms with Crippen LogP contribution in [0.4, 0.5) is 0 Å². The van der Waals surface area contributed by atoms with Gasteiger partial charge < -0.3 is 9.16 Å². The predicted molar refractivity (Wildman–Crippen MR) is 81.2 cm³/mol. The summed E-state index contributed by atoms with van der Waals surface area (Å²) in [5.41, 5.74) is -0.00595. The molecule has 0 N–H and O–H groups in total. The molecule has 4 nitrogen and oxygen atoms in total. The van der Waals surface area contributed by atoms with E-state index in [-0.39, 0.29) is 35.1 Å². The zero-order chi connectivity index (χ0) is 15.6.